The van der Waals surface area contributed by atoms with Crippen molar-refractivity contribution in [3.63, 3.8) is 0 Å². The average molecular weight is 373 g/mol. The van der Waals surface area contributed by atoms with Gasteiger partial charge in [0.05, 0.1) is 0 Å². The monoisotopic (exact) mass is 373 g/mol. The van der Waals surface area contributed by atoms with E-state index in [2.05, 4.69) is 34.5 Å². The zero-order valence-corrected chi connectivity index (χ0v) is 16.6. The predicted octanol–water partition coefficient (Wildman–Crippen LogP) is 3.03. The molecule has 2 aliphatic heterocycles. The van der Waals surface area contributed by atoms with Crippen LogP contribution in [0.2, 0.25) is 0 Å². The topological polar surface area (TPSA) is 61.9 Å². The van der Waals surface area contributed by atoms with Crippen LogP contribution in [0.25, 0.3) is 0 Å². The highest BCUT2D eigenvalue weighted by atomic mass is 16.6. The molecule has 148 valence electrons. The number of nitrogens with zero attached hydrogens (tertiary/aromatic N) is 2. The van der Waals surface area contributed by atoms with Crippen molar-refractivity contribution in [1.29, 1.82) is 0 Å². The maximum atomic E-state index is 12.7. The summed E-state index contributed by atoms with van der Waals surface area (Å²) < 4.78 is 5.44. The van der Waals surface area contributed by atoms with Gasteiger partial charge in [-0.2, -0.15) is 0 Å². The molecule has 1 aromatic rings. The molecule has 0 spiro atoms. The number of ether oxygens (including phenoxy) is 1. The van der Waals surface area contributed by atoms with Crippen molar-refractivity contribution >= 4 is 17.7 Å². The molecule has 2 heterocycles. The fourth-order valence-electron chi connectivity index (χ4n) is 3.81. The lowest BCUT2D eigenvalue weighted by molar-refractivity contribution is -0.125. The summed E-state index contributed by atoms with van der Waals surface area (Å²) in [6, 6.07) is 9.96. The maximum Gasteiger partial charge on any atom is 0.410 e. The number of likely N-dealkylation sites (tertiary alicyclic amines) is 1. The zero-order chi connectivity index (χ0) is 19.4. The van der Waals surface area contributed by atoms with Gasteiger partial charge in [0.15, 0.2) is 0 Å². The second-order valence-corrected chi connectivity index (χ2v) is 8.51. The molecule has 2 amide bonds. The van der Waals surface area contributed by atoms with E-state index in [0.717, 1.165) is 25.9 Å². The quantitative estimate of drug-likeness (QED) is 0.881. The van der Waals surface area contributed by atoms with Crippen molar-refractivity contribution in [1.82, 2.24) is 10.2 Å². The fraction of sp³-hybridized carbons (Fsp3) is 0.619. The minimum Gasteiger partial charge on any atom is -0.444 e. The SMILES string of the molecule is CC(C)(C)OC(=O)N1CCC[C@H]1C(=O)NCC1CCN(c2ccccc2)C1. The molecule has 0 saturated carbocycles. The van der Waals surface area contributed by atoms with Crippen molar-refractivity contribution in [3.8, 4) is 0 Å². The minimum absolute atomic E-state index is 0.0588. The number of benzene rings is 1. The summed E-state index contributed by atoms with van der Waals surface area (Å²) in [7, 11) is 0. The molecule has 2 atom stereocenters. The Labute approximate surface area is 161 Å². The molecule has 3 rings (SSSR count). The third-order valence-electron chi connectivity index (χ3n) is 5.16. The van der Waals surface area contributed by atoms with Gasteiger partial charge >= 0.3 is 6.09 Å². The van der Waals surface area contributed by atoms with Crippen molar-refractivity contribution < 1.29 is 14.3 Å². The summed E-state index contributed by atoms with van der Waals surface area (Å²) in [6.45, 7) is 8.72. The van der Waals surface area contributed by atoms with Gasteiger partial charge in [0.2, 0.25) is 5.91 Å². The number of hydrogen-bond donors (Lipinski definition) is 1. The van der Waals surface area contributed by atoms with E-state index in [-0.39, 0.29) is 5.91 Å². The van der Waals surface area contributed by atoms with Crippen molar-refractivity contribution in [2.45, 2.75) is 51.7 Å². The summed E-state index contributed by atoms with van der Waals surface area (Å²) in [4.78, 5) is 28.9. The summed E-state index contributed by atoms with van der Waals surface area (Å²) >= 11 is 0. The second-order valence-electron chi connectivity index (χ2n) is 8.51. The third kappa shape index (κ3) is 5.15. The highest BCUT2D eigenvalue weighted by Crippen LogP contribution is 2.24. The first-order valence-electron chi connectivity index (χ1n) is 9.91. The van der Waals surface area contributed by atoms with Crippen molar-refractivity contribution in [2.24, 2.45) is 5.92 Å². The van der Waals surface area contributed by atoms with E-state index in [4.69, 9.17) is 4.74 Å². The van der Waals surface area contributed by atoms with Gasteiger partial charge in [0, 0.05) is 31.9 Å². The average Bonchev–Trinajstić information content (AvgIpc) is 3.28. The molecule has 2 saturated heterocycles. The number of amides is 2. The Balaban J connectivity index is 1.48. The highest BCUT2D eigenvalue weighted by Gasteiger charge is 2.36. The van der Waals surface area contributed by atoms with Crippen LogP contribution in [0.15, 0.2) is 30.3 Å². The minimum atomic E-state index is -0.550. The van der Waals surface area contributed by atoms with Crippen molar-refractivity contribution in [3.05, 3.63) is 30.3 Å². The van der Waals surface area contributed by atoms with Crippen LogP contribution in [-0.2, 0) is 9.53 Å². The number of hydrogen-bond acceptors (Lipinski definition) is 4. The summed E-state index contributed by atoms with van der Waals surface area (Å²) in [5.41, 5.74) is 0.684. The van der Waals surface area contributed by atoms with E-state index in [1.54, 1.807) is 4.90 Å². The van der Waals surface area contributed by atoms with Gasteiger partial charge in [0.1, 0.15) is 11.6 Å². The number of para-hydroxylation sites is 1. The molecule has 2 aliphatic rings. The summed E-state index contributed by atoms with van der Waals surface area (Å²) in [5.74, 6) is 0.377. The maximum absolute atomic E-state index is 12.7. The molecule has 0 aromatic heterocycles. The van der Waals surface area contributed by atoms with E-state index >= 15 is 0 Å². The molecule has 1 unspecified atom stereocenters. The molecule has 0 radical (unpaired) electrons. The predicted molar refractivity (Wildman–Crippen MR) is 106 cm³/mol. The van der Waals surface area contributed by atoms with Crippen LogP contribution >= 0.6 is 0 Å². The number of nitrogens with one attached hydrogen (secondary N) is 1. The summed E-state index contributed by atoms with van der Waals surface area (Å²) in [5, 5.41) is 3.07. The first-order chi connectivity index (χ1) is 12.8. The van der Waals surface area contributed by atoms with Crippen molar-refractivity contribution in [2.75, 3.05) is 31.1 Å². The van der Waals surface area contributed by atoms with Crippen LogP contribution in [0.3, 0.4) is 0 Å². The molecule has 1 aromatic carbocycles. The smallest absolute Gasteiger partial charge is 0.410 e. The van der Waals surface area contributed by atoms with Gasteiger partial charge in [-0.3, -0.25) is 9.69 Å². The van der Waals surface area contributed by atoms with E-state index < -0.39 is 17.7 Å². The number of carbonyl (C=O) groups excluding carboxylic acids is 2. The highest BCUT2D eigenvalue weighted by molar-refractivity contribution is 5.86. The molecule has 27 heavy (non-hydrogen) atoms. The molecule has 6 heteroatoms. The van der Waals surface area contributed by atoms with E-state index in [1.807, 2.05) is 26.8 Å². The standard InChI is InChI=1S/C21H31N3O3/c1-21(2,3)27-20(26)24-12-7-10-18(24)19(25)22-14-16-11-13-23(15-16)17-8-5-4-6-9-17/h4-6,8-9,16,18H,7,10-15H2,1-3H3,(H,22,25)/t16?,18-/m0/s1. The lowest BCUT2D eigenvalue weighted by atomic mass is 10.1. The normalized spacial score (nSPS) is 22.8. The molecule has 0 bridgehead atoms. The van der Waals surface area contributed by atoms with Gasteiger partial charge in [0.25, 0.3) is 0 Å². The lowest BCUT2D eigenvalue weighted by Crippen LogP contribution is -2.48. The Bertz CT molecular complexity index is 656. The molecular formula is C21H31N3O3. The van der Waals surface area contributed by atoms with Crippen LogP contribution < -0.4 is 10.2 Å². The lowest BCUT2D eigenvalue weighted by Gasteiger charge is -2.28. The molecular weight excluding hydrogens is 342 g/mol. The van der Waals surface area contributed by atoms with E-state index in [0.29, 0.717) is 25.4 Å². The third-order valence-corrected chi connectivity index (χ3v) is 5.16. The Kier molecular flexibility index (Phi) is 5.92. The van der Waals surface area contributed by atoms with E-state index in [9.17, 15) is 9.59 Å². The largest absolute Gasteiger partial charge is 0.444 e. The van der Waals surface area contributed by atoms with E-state index in [1.165, 1.54) is 5.69 Å². The Morgan fingerprint density at radius 2 is 1.89 bits per heavy atom. The van der Waals surface area contributed by atoms with Gasteiger partial charge in [-0.15, -0.1) is 0 Å². The molecule has 0 aliphatic carbocycles. The molecule has 1 N–H and O–H groups in total. The first kappa shape index (κ1) is 19.5. The van der Waals surface area contributed by atoms with Crippen LogP contribution in [-0.4, -0.2) is 54.7 Å². The second kappa shape index (κ2) is 8.19. The number of carbonyl (C=O) groups is 2. The Morgan fingerprint density at radius 1 is 1.15 bits per heavy atom. The molecule has 2 fully saturated rings. The first-order valence-corrected chi connectivity index (χ1v) is 9.91. The summed E-state index contributed by atoms with van der Waals surface area (Å²) in [6.07, 6.45) is 2.21. The molecule has 6 nitrogen and oxygen atoms in total. The van der Waals surface area contributed by atoms with Crippen LogP contribution in [0, 0.1) is 5.92 Å². The zero-order valence-electron chi connectivity index (χ0n) is 16.6. The van der Waals surface area contributed by atoms with Crippen LogP contribution in [0.1, 0.15) is 40.0 Å². The van der Waals surface area contributed by atoms with Gasteiger partial charge in [-0.1, -0.05) is 18.2 Å². The number of rotatable bonds is 4. The Hall–Kier alpha value is -2.24. The fourth-order valence-corrected chi connectivity index (χ4v) is 3.81. The van der Waals surface area contributed by atoms with Gasteiger partial charge in [-0.05, 0) is 58.1 Å². The Morgan fingerprint density at radius 3 is 2.59 bits per heavy atom. The van der Waals surface area contributed by atoms with Gasteiger partial charge in [-0.25, -0.2) is 4.79 Å². The number of anilines is 1. The van der Waals surface area contributed by atoms with Gasteiger partial charge < -0.3 is 15.0 Å². The van der Waals surface area contributed by atoms with Crippen LogP contribution in [0.5, 0.6) is 0 Å². The van der Waals surface area contributed by atoms with Crippen LogP contribution in [0.4, 0.5) is 10.5 Å².